The number of hydrogen-bond donors (Lipinski definition) is 0. The van der Waals surface area contributed by atoms with Crippen LogP contribution in [-0.4, -0.2) is 38.4 Å². The standard InChI is InChI=1S/C16H17N5OS/c1-22-11-10-21-15(13-5-8-17-9-6-13)19-20-16(21)23-12-14-4-2-3-7-18-14/h2-9H,10-12H2,1H3. The number of methoxy groups -OCH3 is 1. The number of hydrogen-bond acceptors (Lipinski definition) is 6. The highest BCUT2D eigenvalue weighted by molar-refractivity contribution is 7.98. The summed E-state index contributed by atoms with van der Waals surface area (Å²) in [5, 5.41) is 9.53. The molecule has 118 valence electrons. The van der Waals surface area contributed by atoms with E-state index in [1.165, 1.54) is 0 Å². The van der Waals surface area contributed by atoms with Crippen molar-refractivity contribution in [1.29, 1.82) is 0 Å². The molecule has 0 fully saturated rings. The zero-order valence-corrected chi connectivity index (χ0v) is 13.6. The van der Waals surface area contributed by atoms with Crippen LogP contribution in [0.2, 0.25) is 0 Å². The summed E-state index contributed by atoms with van der Waals surface area (Å²) in [6, 6.07) is 9.77. The molecule has 3 heterocycles. The molecule has 3 aromatic rings. The minimum absolute atomic E-state index is 0.604. The minimum Gasteiger partial charge on any atom is -0.383 e. The van der Waals surface area contributed by atoms with Crippen LogP contribution in [0.15, 0.2) is 54.1 Å². The van der Waals surface area contributed by atoms with Crippen LogP contribution in [0.1, 0.15) is 5.69 Å². The monoisotopic (exact) mass is 327 g/mol. The number of pyridine rings is 2. The lowest BCUT2D eigenvalue weighted by atomic mass is 10.2. The third kappa shape index (κ3) is 3.94. The molecule has 23 heavy (non-hydrogen) atoms. The highest BCUT2D eigenvalue weighted by Gasteiger charge is 2.14. The molecule has 0 amide bonds. The van der Waals surface area contributed by atoms with Gasteiger partial charge in [-0.05, 0) is 24.3 Å². The second kappa shape index (κ2) is 7.85. The lowest BCUT2D eigenvalue weighted by Crippen LogP contribution is -2.07. The van der Waals surface area contributed by atoms with E-state index in [1.807, 2.05) is 30.3 Å². The molecular weight excluding hydrogens is 310 g/mol. The van der Waals surface area contributed by atoms with Gasteiger partial charge in [-0.25, -0.2) is 0 Å². The first-order valence-corrected chi connectivity index (χ1v) is 8.22. The van der Waals surface area contributed by atoms with Crippen LogP contribution in [-0.2, 0) is 17.0 Å². The van der Waals surface area contributed by atoms with Gasteiger partial charge in [0.1, 0.15) is 0 Å². The molecule has 0 spiro atoms. The smallest absolute Gasteiger partial charge is 0.191 e. The molecule has 0 aliphatic heterocycles. The van der Waals surface area contributed by atoms with Crippen LogP contribution in [0.4, 0.5) is 0 Å². The third-order valence-corrected chi connectivity index (χ3v) is 4.25. The minimum atomic E-state index is 0.604. The Morgan fingerprint density at radius 3 is 2.70 bits per heavy atom. The fourth-order valence-electron chi connectivity index (χ4n) is 2.12. The summed E-state index contributed by atoms with van der Waals surface area (Å²) in [7, 11) is 1.69. The second-order valence-corrected chi connectivity index (χ2v) is 5.74. The molecule has 6 nitrogen and oxygen atoms in total. The Morgan fingerprint density at radius 1 is 1.09 bits per heavy atom. The molecule has 0 aliphatic rings. The summed E-state index contributed by atoms with van der Waals surface area (Å²) in [5.41, 5.74) is 2.01. The first-order valence-electron chi connectivity index (χ1n) is 7.23. The number of thioether (sulfide) groups is 1. The van der Waals surface area contributed by atoms with E-state index in [-0.39, 0.29) is 0 Å². The fraction of sp³-hybridized carbons (Fsp3) is 0.250. The van der Waals surface area contributed by atoms with Crippen molar-refractivity contribution < 1.29 is 4.74 Å². The lowest BCUT2D eigenvalue weighted by Gasteiger charge is -2.09. The van der Waals surface area contributed by atoms with Crippen molar-refractivity contribution >= 4 is 11.8 Å². The van der Waals surface area contributed by atoms with Crippen LogP contribution in [0, 0.1) is 0 Å². The topological polar surface area (TPSA) is 65.7 Å². The maximum atomic E-state index is 5.21. The van der Waals surface area contributed by atoms with Crippen molar-refractivity contribution in [3.05, 3.63) is 54.6 Å². The van der Waals surface area contributed by atoms with Gasteiger partial charge in [0.2, 0.25) is 0 Å². The Balaban J connectivity index is 1.83. The van der Waals surface area contributed by atoms with Gasteiger partial charge in [0.25, 0.3) is 0 Å². The van der Waals surface area contributed by atoms with Gasteiger partial charge in [-0.2, -0.15) is 0 Å². The Labute approximate surface area is 139 Å². The fourth-order valence-corrected chi connectivity index (χ4v) is 3.00. The summed E-state index contributed by atoms with van der Waals surface area (Å²) in [5.74, 6) is 1.58. The summed E-state index contributed by atoms with van der Waals surface area (Å²) in [4.78, 5) is 8.39. The predicted octanol–water partition coefficient (Wildman–Crippen LogP) is 2.67. The van der Waals surface area contributed by atoms with Gasteiger partial charge in [-0.1, -0.05) is 17.8 Å². The van der Waals surface area contributed by atoms with E-state index in [0.717, 1.165) is 28.0 Å². The molecule has 0 N–H and O–H groups in total. The van der Waals surface area contributed by atoms with E-state index in [4.69, 9.17) is 4.74 Å². The van der Waals surface area contributed by atoms with E-state index in [2.05, 4.69) is 24.7 Å². The lowest BCUT2D eigenvalue weighted by molar-refractivity contribution is 0.185. The van der Waals surface area contributed by atoms with Crippen LogP contribution in [0.5, 0.6) is 0 Å². The number of nitrogens with zero attached hydrogens (tertiary/aromatic N) is 5. The van der Waals surface area contributed by atoms with E-state index in [0.29, 0.717) is 13.2 Å². The van der Waals surface area contributed by atoms with E-state index < -0.39 is 0 Å². The van der Waals surface area contributed by atoms with Gasteiger partial charge in [0.05, 0.1) is 18.8 Å². The molecule has 0 bridgehead atoms. The normalized spacial score (nSPS) is 10.8. The van der Waals surface area contributed by atoms with Crippen LogP contribution in [0.25, 0.3) is 11.4 Å². The molecule has 0 aromatic carbocycles. The Bertz CT molecular complexity index is 733. The molecule has 0 radical (unpaired) electrons. The van der Waals surface area contributed by atoms with Crippen LogP contribution >= 0.6 is 11.8 Å². The Morgan fingerprint density at radius 2 is 1.96 bits per heavy atom. The summed E-state index contributed by atoms with van der Waals surface area (Å²) >= 11 is 1.62. The predicted molar refractivity (Wildman–Crippen MR) is 88.9 cm³/mol. The molecule has 3 rings (SSSR count). The number of rotatable bonds is 7. The van der Waals surface area contributed by atoms with E-state index >= 15 is 0 Å². The second-order valence-electron chi connectivity index (χ2n) is 4.80. The Kier molecular flexibility index (Phi) is 5.33. The van der Waals surface area contributed by atoms with E-state index in [9.17, 15) is 0 Å². The molecule has 0 saturated carbocycles. The first-order chi connectivity index (χ1) is 11.4. The molecular formula is C16H17N5OS. The zero-order chi connectivity index (χ0) is 15.9. The van der Waals surface area contributed by atoms with Crippen molar-refractivity contribution in [2.24, 2.45) is 0 Å². The molecule has 7 heteroatoms. The number of aromatic nitrogens is 5. The summed E-state index contributed by atoms with van der Waals surface area (Å²) in [6.45, 7) is 1.30. The number of ether oxygens (including phenoxy) is 1. The quantitative estimate of drug-likeness (QED) is 0.622. The van der Waals surface area contributed by atoms with Gasteiger partial charge >= 0.3 is 0 Å². The molecule has 0 atom stereocenters. The average Bonchev–Trinajstić information content (AvgIpc) is 3.02. The highest BCUT2D eigenvalue weighted by atomic mass is 32.2. The molecule has 0 aliphatic carbocycles. The van der Waals surface area contributed by atoms with Crippen molar-refractivity contribution in [3.8, 4) is 11.4 Å². The highest BCUT2D eigenvalue weighted by Crippen LogP contribution is 2.25. The van der Waals surface area contributed by atoms with Gasteiger partial charge in [0, 0.05) is 37.0 Å². The maximum Gasteiger partial charge on any atom is 0.191 e. The van der Waals surface area contributed by atoms with Gasteiger partial charge in [0.15, 0.2) is 11.0 Å². The van der Waals surface area contributed by atoms with Crippen LogP contribution in [0.3, 0.4) is 0 Å². The summed E-state index contributed by atoms with van der Waals surface area (Å²) < 4.78 is 7.29. The third-order valence-electron chi connectivity index (χ3n) is 3.25. The van der Waals surface area contributed by atoms with Crippen molar-refractivity contribution in [3.63, 3.8) is 0 Å². The first kappa shape index (κ1) is 15.6. The largest absolute Gasteiger partial charge is 0.383 e. The zero-order valence-electron chi connectivity index (χ0n) is 12.8. The van der Waals surface area contributed by atoms with Crippen LogP contribution < -0.4 is 0 Å². The Hall–Kier alpha value is -2.25. The van der Waals surface area contributed by atoms with Gasteiger partial charge in [-0.15, -0.1) is 10.2 Å². The van der Waals surface area contributed by atoms with Gasteiger partial charge in [-0.3, -0.25) is 14.5 Å². The molecule has 3 aromatic heterocycles. The van der Waals surface area contributed by atoms with Crippen molar-refractivity contribution in [2.45, 2.75) is 17.5 Å². The van der Waals surface area contributed by atoms with Gasteiger partial charge < -0.3 is 4.74 Å². The average molecular weight is 327 g/mol. The van der Waals surface area contributed by atoms with Crippen molar-refractivity contribution in [2.75, 3.05) is 13.7 Å². The van der Waals surface area contributed by atoms with E-state index in [1.54, 1.807) is 37.5 Å². The molecule has 0 saturated heterocycles. The summed E-state index contributed by atoms with van der Waals surface area (Å²) in [6.07, 6.45) is 5.31. The molecule has 0 unspecified atom stereocenters. The van der Waals surface area contributed by atoms with Crippen molar-refractivity contribution in [1.82, 2.24) is 24.7 Å². The SMILES string of the molecule is COCCn1c(SCc2ccccn2)nnc1-c1ccncc1. The maximum absolute atomic E-state index is 5.21.